The predicted octanol–water partition coefficient (Wildman–Crippen LogP) is 3.58. The monoisotopic (exact) mass is 324 g/mol. The molecule has 3 unspecified atom stereocenters. The molecule has 2 rings (SSSR count). The molecule has 0 radical (unpaired) electrons. The fraction of sp³-hybridized carbons (Fsp3) is 0.625. The summed E-state index contributed by atoms with van der Waals surface area (Å²) in [7, 11) is 0. The molecule has 1 saturated heterocycles. The molecule has 106 valence electrons. The molecule has 0 bridgehead atoms. The smallest absolute Gasteiger partial charge is 0.0247 e. The van der Waals surface area contributed by atoms with Crippen LogP contribution in [0, 0.1) is 0 Å². The van der Waals surface area contributed by atoms with Gasteiger partial charge in [0.05, 0.1) is 0 Å². The molecule has 1 aromatic rings. The zero-order valence-corrected chi connectivity index (χ0v) is 13.6. The van der Waals surface area contributed by atoms with Crippen molar-refractivity contribution in [1.29, 1.82) is 0 Å². The van der Waals surface area contributed by atoms with E-state index in [1.54, 1.807) is 0 Å². The van der Waals surface area contributed by atoms with Crippen LogP contribution in [0.25, 0.3) is 0 Å². The van der Waals surface area contributed by atoms with Gasteiger partial charge in [-0.2, -0.15) is 0 Å². The van der Waals surface area contributed by atoms with Gasteiger partial charge in [0, 0.05) is 22.6 Å². The summed E-state index contributed by atoms with van der Waals surface area (Å²) < 4.78 is 1.15. The van der Waals surface area contributed by atoms with Crippen molar-refractivity contribution in [2.24, 2.45) is 5.73 Å². The Hall–Kier alpha value is -0.380. The van der Waals surface area contributed by atoms with Crippen LogP contribution in [-0.4, -0.2) is 29.6 Å². The van der Waals surface area contributed by atoms with Gasteiger partial charge in [0.1, 0.15) is 0 Å². The highest BCUT2D eigenvalue weighted by molar-refractivity contribution is 9.10. The van der Waals surface area contributed by atoms with E-state index in [9.17, 15) is 0 Å². The van der Waals surface area contributed by atoms with E-state index in [-0.39, 0.29) is 6.04 Å². The number of halogens is 1. The summed E-state index contributed by atoms with van der Waals surface area (Å²) in [5.41, 5.74) is 7.57. The van der Waals surface area contributed by atoms with Gasteiger partial charge in [-0.3, -0.25) is 4.90 Å². The molecule has 0 aromatic heterocycles. The van der Waals surface area contributed by atoms with Crippen LogP contribution in [-0.2, 0) is 6.42 Å². The number of hydrogen-bond acceptors (Lipinski definition) is 2. The van der Waals surface area contributed by atoms with Crippen molar-refractivity contribution < 1.29 is 0 Å². The molecule has 3 atom stereocenters. The van der Waals surface area contributed by atoms with Crippen LogP contribution in [0.1, 0.15) is 38.7 Å². The van der Waals surface area contributed by atoms with Gasteiger partial charge in [0.2, 0.25) is 0 Å². The third-order valence-corrected chi connectivity index (χ3v) is 4.74. The third-order valence-electron chi connectivity index (χ3n) is 4.21. The normalized spacial score (nSPS) is 24.1. The van der Waals surface area contributed by atoms with Crippen LogP contribution >= 0.6 is 15.9 Å². The molecule has 1 fully saturated rings. The standard InChI is InChI=1S/C16H25BrN2/c1-12(11-14-6-8-15(17)9-7-14)19-10-4-3-5-16(19)13(2)18/h6-9,12-13,16H,3-5,10-11,18H2,1-2H3. The molecular formula is C16H25BrN2. The van der Waals surface area contributed by atoms with Crippen molar-refractivity contribution in [2.45, 2.75) is 57.7 Å². The summed E-state index contributed by atoms with van der Waals surface area (Å²) in [6.45, 7) is 5.68. The van der Waals surface area contributed by atoms with Crippen LogP contribution in [0.5, 0.6) is 0 Å². The van der Waals surface area contributed by atoms with Gasteiger partial charge in [0.25, 0.3) is 0 Å². The number of nitrogens with zero attached hydrogens (tertiary/aromatic N) is 1. The van der Waals surface area contributed by atoms with Gasteiger partial charge < -0.3 is 5.73 Å². The van der Waals surface area contributed by atoms with Gasteiger partial charge in [-0.25, -0.2) is 0 Å². The molecule has 1 heterocycles. The van der Waals surface area contributed by atoms with Crippen molar-refractivity contribution in [2.75, 3.05) is 6.54 Å². The Bertz CT molecular complexity index is 388. The van der Waals surface area contributed by atoms with Gasteiger partial charge in [-0.05, 0) is 57.4 Å². The SMILES string of the molecule is CC(N)C1CCCCN1C(C)Cc1ccc(Br)cc1. The van der Waals surface area contributed by atoms with E-state index in [1.807, 2.05) is 0 Å². The summed E-state index contributed by atoms with van der Waals surface area (Å²) in [6.07, 6.45) is 5.00. The van der Waals surface area contributed by atoms with Crippen molar-refractivity contribution in [3.05, 3.63) is 34.3 Å². The fourth-order valence-corrected chi connectivity index (χ4v) is 3.43. The quantitative estimate of drug-likeness (QED) is 0.917. The lowest BCUT2D eigenvalue weighted by molar-refractivity contribution is 0.0890. The molecule has 1 aliphatic heterocycles. The minimum atomic E-state index is 0.271. The molecule has 2 N–H and O–H groups in total. The molecule has 19 heavy (non-hydrogen) atoms. The van der Waals surface area contributed by atoms with Crippen LogP contribution in [0.3, 0.4) is 0 Å². The first-order chi connectivity index (χ1) is 9.08. The van der Waals surface area contributed by atoms with Crippen molar-refractivity contribution >= 4 is 15.9 Å². The van der Waals surface area contributed by atoms with E-state index in [1.165, 1.54) is 31.4 Å². The Morgan fingerprint density at radius 3 is 2.58 bits per heavy atom. The molecule has 0 spiro atoms. The van der Waals surface area contributed by atoms with E-state index < -0.39 is 0 Å². The van der Waals surface area contributed by atoms with Crippen LogP contribution in [0.4, 0.5) is 0 Å². The first kappa shape index (κ1) is 15.0. The second kappa shape index (κ2) is 6.87. The zero-order valence-electron chi connectivity index (χ0n) is 12.0. The highest BCUT2D eigenvalue weighted by atomic mass is 79.9. The lowest BCUT2D eigenvalue weighted by Crippen LogP contribution is -2.53. The van der Waals surface area contributed by atoms with Crippen molar-refractivity contribution in [3.8, 4) is 0 Å². The molecule has 1 aromatic carbocycles. The molecular weight excluding hydrogens is 300 g/mol. The van der Waals surface area contributed by atoms with Crippen LogP contribution in [0.2, 0.25) is 0 Å². The minimum Gasteiger partial charge on any atom is -0.327 e. The van der Waals surface area contributed by atoms with E-state index in [4.69, 9.17) is 5.73 Å². The molecule has 0 aliphatic carbocycles. The van der Waals surface area contributed by atoms with Crippen LogP contribution < -0.4 is 5.73 Å². The van der Waals surface area contributed by atoms with E-state index in [0.29, 0.717) is 12.1 Å². The van der Waals surface area contributed by atoms with Crippen molar-refractivity contribution in [1.82, 2.24) is 4.90 Å². The third kappa shape index (κ3) is 4.04. The second-order valence-electron chi connectivity index (χ2n) is 5.84. The summed E-state index contributed by atoms with van der Waals surface area (Å²) in [5, 5.41) is 0. The topological polar surface area (TPSA) is 29.3 Å². The first-order valence-electron chi connectivity index (χ1n) is 7.33. The minimum absolute atomic E-state index is 0.271. The highest BCUT2D eigenvalue weighted by Gasteiger charge is 2.28. The lowest BCUT2D eigenvalue weighted by atomic mass is 9.93. The average molecular weight is 325 g/mol. The summed E-state index contributed by atoms with van der Waals surface area (Å²) in [6, 6.07) is 10.1. The van der Waals surface area contributed by atoms with Crippen molar-refractivity contribution in [3.63, 3.8) is 0 Å². The Kier molecular flexibility index (Phi) is 5.43. The molecule has 1 aliphatic rings. The maximum atomic E-state index is 6.16. The number of rotatable bonds is 4. The lowest BCUT2D eigenvalue weighted by Gasteiger charge is -2.42. The number of likely N-dealkylation sites (tertiary alicyclic amines) is 1. The Labute approximate surface area is 125 Å². The Balaban J connectivity index is 2.01. The number of benzene rings is 1. The fourth-order valence-electron chi connectivity index (χ4n) is 3.17. The summed E-state index contributed by atoms with van der Waals surface area (Å²) in [5.74, 6) is 0. The van der Waals surface area contributed by atoms with Crippen LogP contribution in [0.15, 0.2) is 28.7 Å². The molecule has 3 heteroatoms. The molecule has 2 nitrogen and oxygen atoms in total. The summed E-state index contributed by atoms with van der Waals surface area (Å²) in [4.78, 5) is 2.62. The van der Waals surface area contributed by atoms with E-state index >= 15 is 0 Å². The average Bonchev–Trinajstić information content (AvgIpc) is 2.41. The summed E-state index contributed by atoms with van der Waals surface area (Å²) >= 11 is 3.49. The maximum absolute atomic E-state index is 6.16. The number of piperidine rings is 1. The van der Waals surface area contributed by atoms with E-state index in [0.717, 1.165) is 10.9 Å². The maximum Gasteiger partial charge on any atom is 0.0247 e. The Morgan fingerprint density at radius 2 is 1.95 bits per heavy atom. The number of hydrogen-bond donors (Lipinski definition) is 1. The molecule has 0 amide bonds. The second-order valence-corrected chi connectivity index (χ2v) is 6.76. The molecule has 0 saturated carbocycles. The predicted molar refractivity (Wildman–Crippen MR) is 85.3 cm³/mol. The number of nitrogens with two attached hydrogens (primary N) is 1. The Morgan fingerprint density at radius 1 is 1.26 bits per heavy atom. The largest absolute Gasteiger partial charge is 0.327 e. The van der Waals surface area contributed by atoms with Gasteiger partial charge in [-0.1, -0.05) is 34.5 Å². The van der Waals surface area contributed by atoms with Gasteiger partial charge in [-0.15, -0.1) is 0 Å². The van der Waals surface area contributed by atoms with Gasteiger partial charge >= 0.3 is 0 Å². The van der Waals surface area contributed by atoms with E-state index in [2.05, 4.69) is 58.9 Å². The first-order valence-corrected chi connectivity index (χ1v) is 8.13. The highest BCUT2D eigenvalue weighted by Crippen LogP contribution is 2.23. The van der Waals surface area contributed by atoms with Gasteiger partial charge in [0.15, 0.2) is 0 Å². The zero-order chi connectivity index (χ0) is 13.8.